The summed E-state index contributed by atoms with van der Waals surface area (Å²) in [5.74, 6) is 0. The zero-order chi connectivity index (χ0) is 0. The van der Waals surface area contributed by atoms with Crippen molar-refractivity contribution in [1.29, 1.82) is 0 Å². The Morgan fingerprint density at radius 2 is 0.600 bits per heavy atom. The van der Waals surface area contributed by atoms with Crippen molar-refractivity contribution in [3.8, 4) is 0 Å². The molecule has 0 radical (unpaired) electrons. The number of halogens is 2. The van der Waals surface area contributed by atoms with E-state index in [1.54, 1.807) is 0 Å². The molecule has 0 fully saturated rings. The van der Waals surface area contributed by atoms with E-state index in [0.29, 0.717) is 0 Å². The van der Waals surface area contributed by atoms with Gasteiger partial charge in [0.1, 0.15) is 0 Å². The fourth-order valence-corrected chi connectivity index (χ4v) is 0. The second kappa shape index (κ2) is 58.3. The fraction of sp³-hybridized carbons (Fsp3) is 1.00. The predicted octanol–water partition coefficient (Wildman–Crippen LogP) is -4.72. The minimum absolute atomic E-state index is 0. The average Bonchev–Trinajstić information content (AvgIpc) is 0. The largest absolute Gasteiger partial charge is 2.00 e. The van der Waals surface area contributed by atoms with E-state index in [2.05, 4.69) is 0 Å². The maximum Gasteiger partial charge on any atom is 2.00 e. The third-order valence-corrected chi connectivity index (χ3v) is 0. The van der Waals surface area contributed by atoms with Gasteiger partial charge in [0, 0.05) is 0 Å². The molecule has 5 heavy (non-hydrogen) atoms. The van der Waals surface area contributed by atoms with E-state index in [-0.39, 0.29) is 61.4 Å². The molecule has 34 valence electrons. The van der Waals surface area contributed by atoms with Gasteiger partial charge in [0.25, 0.3) is 0 Å². The van der Waals surface area contributed by atoms with Gasteiger partial charge < -0.3 is 24.8 Å². The average molecular weight is 151 g/mol. The molecule has 0 unspecified atom stereocenters. The molecule has 0 saturated heterocycles. The number of hydrogen-bond acceptors (Lipinski definition) is 0. The van der Waals surface area contributed by atoms with Gasteiger partial charge in [-0.05, 0) is 0 Å². The Bertz CT molecular complexity index is 7.61. The Balaban J connectivity index is 0. The zero-order valence-corrected chi connectivity index (χ0v) is 4.33. The van der Waals surface area contributed by atoms with Crippen molar-refractivity contribution >= 4 is 0 Å². The Kier molecular flexibility index (Phi) is 1230. The quantitative estimate of drug-likeness (QED) is 0.305. The second-order valence-electron chi connectivity index (χ2n) is 0. The topological polar surface area (TPSA) is 0 Å². The van der Waals surface area contributed by atoms with Crippen molar-refractivity contribution in [2.24, 2.45) is 0 Å². The van der Waals surface area contributed by atoms with Gasteiger partial charge in [-0.15, -0.1) is 0 Å². The van der Waals surface area contributed by atoms with E-state index in [1.165, 1.54) is 0 Å². The molecule has 0 aliphatic heterocycles. The van der Waals surface area contributed by atoms with Gasteiger partial charge in [-0.1, -0.05) is 14.9 Å². The molecule has 0 saturated carbocycles. The molecule has 0 aromatic heterocycles. The molecule has 3 heteroatoms. The second-order valence-corrected chi connectivity index (χ2v) is 0. The van der Waals surface area contributed by atoms with E-state index < -0.39 is 0 Å². The van der Waals surface area contributed by atoms with Crippen molar-refractivity contribution in [2.75, 3.05) is 0 Å². The van der Waals surface area contributed by atoms with Crippen molar-refractivity contribution in [1.82, 2.24) is 0 Å². The summed E-state index contributed by atoms with van der Waals surface area (Å²) < 4.78 is 0. The monoisotopic (exact) mass is 150 g/mol. The maximum absolute atomic E-state index is 0. The van der Waals surface area contributed by atoms with Crippen molar-refractivity contribution < 1.29 is 46.5 Å². The summed E-state index contributed by atoms with van der Waals surface area (Å²) in [4.78, 5) is 0. The zero-order valence-electron chi connectivity index (χ0n) is 1.26. The van der Waals surface area contributed by atoms with E-state index in [1.807, 2.05) is 0 Å². The molecule has 0 spiro atoms. The van der Waals surface area contributed by atoms with Crippen molar-refractivity contribution in [2.45, 2.75) is 14.9 Å². The SMILES string of the molecule is C.C.[Cl-].[Cl-].[Ti+2]. The van der Waals surface area contributed by atoms with Crippen LogP contribution in [0.5, 0.6) is 0 Å². The fourth-order valence-electron chi connectivity index (χ4n) is 0. The van der Waals surface area contributed by atoms with Crippen LogP contribution in [0.1, 0.15) is 14.9 Å². The molecule has 0 aromatic rings. The van der Waals surface area contributed by atoms with Crippen LogP contribution in [0.2, 0.25) is 0 Å². The molecule has 0 aliphatic rings. The number of hydrogen-bond donors (Lipinski definition) is 0. The van der Waals surface area contributed by atoms with Gasteiger partial charge in [0.15, 0.2) is 0 Å². The van der Waals surface area contributed by atoms with Crippen molar-refractivity contribution in [3.05, 3.63) is 0 Å². The van der Waals surface area contributed by atoms with E-state index in [4.69, 9.17) is 0 Å². The third-order valence-electron chi connectivity index (χ3n) is 0. The predicted molar refractivity (Wildman–Crippen MR) is 13.5 cm³/mol. The Morgan fingerprint density at radius 1 is 0.600 bits per heavy atom. The molecule has 0 aromatic carbocycles. The number of rotatable bonds is 0. The molecular formula is C2H8Cl2Ti. The standard InChI is InChI=1S/2CH4.2ClH.Ti/h2*1H4;2*1H;/q;;;;+2/p-2. The molecule has 0 nitrogen and oxygen atoms in total. The van der Waals surface area contributed by atoms with Gasteiger partial charge in [0.2, 0.25) is 0 Å². The first kappa shape index (κ1) is 105. The van der Waals surface area contributed by atoms with Crippen LogP contribution < -0.4 is 24.8 Å². The summed E-state index contributed by atoms with van der Waals surface area (Å²) in [6, 6.07) is 0. The van der Waals surface area contributed by atoms with Gasteiger partial charge in [-0.2, -0.15) is 0 Å². The molecule has 0 heterocycles. The first-order valence-electron chi connectivity index (χ1n) is 0. The summed E-state index contributed by atoms with van der Waals surface area (Å²) in [5.41, 5.74) is 0. The van der Waals surface area contributed by atoms with Crippen LogP contribution in [0.25, 0.3) is 0 Å². The molecule has 0 rings (SSSR count). The van der Waals surface area contributed by atoms with Gasteiger partial charge in [-0.25, -0.2) is 0 Å². The Hall–Kier alpha value is 1.29. The molecule has 0 bridgehead atoms. The van der Waals surface area contributed by atoms with Crippen LogP contribution in [0, 0.1) is 0 Å². The van der Waals surface area contributed by atoms with Crippen LogP contribution in [-0.4, -0.2) is 0 Å². The minimum atomic E-state index is 0. The van der Waals surface area contributed by atoms with Crippen LogP contribution in [-0.2, 0) is 21.7 Å². The molecule has 0 aliphatic carbocycles. The third kappa shape index (κ3) is 34.3. The summed E-state index contributed by atoms with van der Waals surface area (Å²) >= 11 is 0. The molecule has 0 atom stereocenters. The van der Waals surface area contributed by atoms with Crippen molar-refractivity contribution in [3.63, 3.8) is 0 Å². The van der Waals surface area contributed by atoms with Gasteiger partial charge >= 0.3 is 21.7 Å². The molecule has 0 amide bonds. The van der Waals surface area contributed by atoms with E-state index in [9.17, 15) is 0 Å². The first-order chi connectivity index (χ1) is 0. The summed E-state index contributed by atoms with van der Waals surface area (Å²) in [6.07, 6.45) is 0. The summed E-state index contributed by atoms with van der Waals surface area (Å²) in [5, 5.41) is 0. The van der Waals surface area contributed by atoms with Crippen LogP contribution >= 0.6 is 0 Å². The van der Waals surface area contributed by atoms with E-state index in [0.717, 1.165) is 0 Å². The van der Waals surface area contributed by atoms with Gasteiger partial charge in [0.05, 0.1) is 0 Å². The van der Waals surface area contributed by atoms with Crippen LogP contribution in [0.4, 0.5) is 0 Å². The normalized spacial score (nSPS) is 0. The van der Waals surface area contributed by atoms with Gasteiger partial charge in [-0.3, -0.25) is 0 Å². The Morgan fingerprint density at radius 3 is 0.600 bits per heavy atom. The maximum atomic E-state index is 0. The van der Waals surface area contributed by atoms with Crippen LogP contribution in [0.3, 0.4) is 0 Å². The summed E-state index contributed by atoms with van der Waals surface area (Å²) in [7, 11) is 0. The van der Waals surface area contributed by atoms with Crippen LogP contribution in [0.15, 0.2) is 0 Å². The van der Waals surface area contributed by atoms with E-state index >= 15 is 0 Å². The Labute approximate surface area is 61.4 Å². The summed E-state index contributed by atoms with van der Waals surface area (Å²) in [6.45, 7) is 0. The molecular weight excluding hydrogens is 143 g/mol. The first-order valence-corrected chi connectivity index (χ1v) is 0. The minimum Gasteiger partial charge on any atom is -1.00 e. The molecule has 0 N–H and O–H groups in total. The smallest absolute Gasteiger partial charge is 1.00 e.